The Morgan fingerprint density at radius 3 is 2.00 bits per heavy atom. The van der Waals surface area contributed by atoms with Crippen LogP contribution in [0.4, 0.5) is 0 Å². The lowest BCUT2D eigenvalue weighted by Crippen LogP contribution is -3.11. The Hall–Kier alpha value is -0.0800. The summed E-state index contributed by atoms with van der Waals surface area (Å²) in [4.78, 5) is 1.48. The van der Waals surface area contributed by atoms with Gasteiger partial charge in [0, 0.05) is 0 Å². The average molecular weight is 104 g/mol. The van der Waals surface area contributed by atoms with Crippen LogP contribution in [0.3, 0.4) is 0 Å². The molecule has 0 aliphatic heterocycles. The van der Waals surface area contributed by atoms with E-state index >= 15 is 0 Å². The minimum atomic E-state index is 0.708. The lowest BCUT2D eigenvalue weighted by Gasteiger charge is -2.11. The molecule has 2 nitrogen and oxygen atoms in total. The van der Waals surface area contributed by atoms with E-state index in [1.165, 1.54) is 4.90 Å². The van der Waals surface area contributed by atoms with Crippen LogP contribution >= 0.6 is 0 Å². The molecule has 0 amide bonds. The molecule has 4 N–H and O–H groups in total. The second-order valence-electron chi connectivity index (χ2n) is 2.27. The van der Waals surface area contributed by atoms with E-state index in [0.717, 1.165) is 6.54 Å². The van der Waals surface area contributed by atoms with E-state index in [-0.39, 0.29) is 0 Å². The van der Waals surface area contributed by atoms with E-state index in [1.54, 1.807) is 0 Å². The fourth-order valence-corrected chi connectivity index (χ4v) is 0.289. The zero-order valence-corrected chi connectivity index (χ0v) is 5.49. The Bertz CT molecular complexity index is 43.3. The number of nitrogens with one attached hydrogen (secondary N) is 1. The molecule has 0 rings (SSSR count). The monoisotopic (exact) mass is 104 g/mol. The third-order valence-electron chi connectivity index (χ3n) is 1.42. The van der Waals surface area contributed by atoms with Gasteiger partial charge in [-0.1, -0.05) is 0 Å². The van der Waals surface area contributed by atoms with Crippen LogP contribution in [0.1, 0.15) is 6.92 Å². The zero-order chi connectivity index (χ0) is 5.86. The van der Waals surface area contributed by atoms with Crippen molar-refractivity contribution in [3.63, 3.8) is 0 Å². The number of quaternary nitrogens is 2. The summed E-state index contributed by atoms with van der Waals surface area (Å²) < 4.78 is 0. The Balaban J connectivity index is 3.14. The van der Waals surface area contributed by atoms with Crippen molar-refractivity contribution in [3.8, 4) is 0 Å². The molecule has 0 radical (unpaired) electrons. The second kappa shape index (κ2) is 2.99. The second-order valence-corrected chi connectivity index (χ2v) is 2.27. The van der Waals surface area contributed by atoms with Crippen molar-refractivity contribution in [2.24, 2.45) is 0 Å². The van der Waals surface area contributed by atoms with Gasteiger partial charge < -0.3 is 10.6 Å². The van der Waals surface area contributed by atoms with Gasteiger partial charge in [-0.3, -0.25) is 0 Å². The van der Waals surface area contributed by atoms with Gasteiger partial charge in [0.25, 0.3) is 0 Å². The molecule has 0 aliphatic rings. The lowest BCUT2D eigenvalue weighted by molar-refractivity contribution is -0.890. The van der Waals surface area contributed by atoms with Gasteiger partial charge in [0.2, 0.25) is 0 Å². The highest BCUT2D eigenvalue weighted by Gasteiger charge is 2.04. The van der Waals surface area contributed by atoms with Crippen molar-refractivity contribution in [1.29, 1.82) is 0 Å². The highest BCUT2D eigenvalue weighted by Crippen LogP contribution is 1.58. The van der Waals surface area contributed by atoms with E-state index in [4.69, 9.17) is 0 Å². The van der Waals surface area contributed by atoms with Crippen molar-refractivity contribution >= 4 is 0 Å². The van der Waals surface area contributed by atoms with Gasteiger partial charge in [-0.15, -0.1) is 0 Å². The molecule has 7 heavy (non-hydrogen) atoms. The fourth-order valence-electron chi connectivity index (χ4n) is 0.289. The van der Waals surface area contributed by atoms with Crippen molar-refractivity contribution in [2.75, 3.05) is 20.6 Å². The van der Waals surface area contributed by atoms with E-state index in [0.29, 0.717) is 6.04 Å². The van der Waals surface area contributed by atoms with Crippen molar-refractivity contribution in [2.45, 2.75) is 13.0 Å². The summed E-state index contributed by atoms with van der Waals surface area (Å²) in [6.07, 6.45) is 0. The molecule has 0 saturated heterocycles. The van der Waals surface area contributed by atoms with Gasteiger partial charge in [-0.25, -0.2) is 0 Å². The molecule has 0 aliphatic carbocycles. The standard InChI is InChI=1S/C5H14N2/c1-5(4-6)7(2)3/h5H,4,6H2,1-3H3/p+2/t5-/m0/s1. The smallest absolute Gasteiger partial charge is 0.134 e. The molecule has 0 bridgehead atoms. The Labute approximate surface area is 45.3 Å². The summed E-state index contributed by atoms with van der Waals surface area (Å²) in [5.41, 5.74) is 3.79. The molecule has 0 spiro atoms. The maximum atomic E-state index is 3.79. The van der Waals surface area contributed by atoms with E-state index < -0.39 is 0 Å². The van der Waals surface area contributed by atoms with Crippen LogP contribution in [-0.2, 0) is 0 Å². The first-order valence-electron chi connectivity index (χ1n) is 2.77. The van der Waals surface area contributed by atoms with Crippen LogP contribution in [0.5, 0.6) is 0 Å². The normalized spacial score (nSPS) is 15.0. The molecule has 0 fully saturated rings. The largest absolute Gasteiger partial charge is 0.353 e. The SMILES string of the molecule is C[C@@H](C[NH3+])[NH+](C)C. The summed E-state index contributed by atoms with van der Waals surface area (Å²) in [5.74, 6) is 0. The molecule has 0 saturated carbocycles. The summed E-state index contributed by atoms with van der Waals surface area (Å²) >= 11 is 0. The van der Waals surface area contributed by atoms with Crippen LogP contribution in [-0.4, -0.2) is 26.7 Å². The van der Waals surface area contributed by atoms with Crippen LogP contribution in [0.2, 0.25) is 0 Å². The Morgan fingerprint density at radius 1 is 1.57 bits per heavy atom. The molecule has 2 heteroatoms. The van der Waals surface area contributed by atoms with Gasteiger partial charge in [0.1, 0.15) is 12.6 Å². The predicted molar refractivity (Wildman–Crippen MR) is 30.0 cm³/mol. The first-order chi connectivity index (χ1) is 3.18. The highest BCUT2D eigenvalue weighted by molar-refractivity contribution is 4.34. The maximum Gasteiger partial charge on any atom is 0.134 e. The molecule has 0 aromatic heterocycles. The predicted octanol–water partition coefficient (Wildman–Crippen LogP) is -2.24. The molecule has 0 aromatic carbocycles. The fraction of sp³-hybridized carbons (Fsp3) is 1.00. The summed E-state index contributed by atoms with van der Waals surface area (Å²) in [6, 6.07) is 0.708. The first kappa shape index (κ1) is 6.92. The van der Waals surface area contributed by atoms with Gasteiger partial charge in [-0.2, -0.15) is 0 Å². The summed E-state index contributed by atoms with van der Waals surface area (Å²) in [6.45, 7) is 3.23. The van der Waals surface area contributed by atoms with E-state index in [1.807, 2.05) is 0 Å². The highest BCUT2D eigenvalue weighted by atomic mass is 15.1. The maximum absolute atomic E-state index is 3.79. The number of hydrogen-bond acceptors (Lipinski definition) is 0. The topological polar surface area (TPSA) is 32.1 Å². The van der Waals surface area contributed by atoms with Gasteiger partial charge in [-0.05, 0) is 6.92 Å². The number of rotatable bonds is 2. The van der Waals surface area contributed by atoms with E-state index in [9.17, 15) is 0 Å². The Morgan fingerprint density at radius 2 is 2.00 bits per heavy atom. The van der Waals surface area contributed by atoms with Crippen molar-refractivity contribution in [1.82, 2.24) is 0 Å². The van der Waals surface area contributed by atoms with Crippen LogP contribution in [0.15, 0.2) is 0 Å². The average Bonchev–Trinajstić information content (AvgIpc) is 1.65. The number of likely N-dealkylation sites (N-methyl/N-ethyl adjacent to an activating group) is 1. The molecule has 44 valence electrons. The molecule has 0 aromatic rings. The number of hydrogen-bond donors (Lipinski definition) is 2. The zero-order valence-electron chi connectivity index (χ0n) is 5.49. The molecule has 0 unspecified atom stereocenters. The van der Waals surface area contributed by atoms with Crippen molar-refractivity contribution < 1.29 is 10.6 Å². The third-order valence-corrected chi connectivity index (χ3v) is 1.42. The first-order valence-corrected chi connectivity index (χ1v) is 2.77. The van der Waals surface area contributed by atoms with Crippen molar-refractivity contribution in [3.05, 3.63) is 0 Å². The minimum Gasteiger partial charge on any atom is -0.353 e. The quantitative estimate of drug-likeness (QED) is 0.397. The van der Waals surface area contributed by atoms with Gasteiger partial charge in [0.15, 0.2) is 0 Å². The lowest BCUT2D eigenvalue weighted by atomic mass is 10.3. The van der Waals surface area contributed by atoms with Crippen LogP contribution in [0.25, 0.3) is 0 Å². The minimum absolute atomic E-state index is 0.708. The molecular weight excluding hydrogens is 88.1 g/mol. The van der Waals surface area contributed by atoms with Crippen LogP contribution < -0.4 is 10.6 Å². The molecule has 0 heterocycles. The Kier molecular flexibility index (Phi) is 2.96. The molecule has 1 atom stereocenters. The van der Waals surface area contributed by atoms with Gasteiger partial charge >= 0.3 is 0 Å². The van der Waals surface area contributed by atoms with Gasteiger partial charge in [0.05, 0.1) is 14.1 Å². The summed E-state index contributed by atoms with van der Waals surface area (Å²) in [7, 11) is 4.30. The summed E-state index contributed by atoms with van der Waals surface area (Å²) in [5, 5.41) is 0. The van der Waals surface area contributed by atoms with Crippen LogP contribution in [0, 0.1) is 0 Å². The molecular formula is C5H16N2+2. The van der Waals surface area contributed by atoms with E-state index in [2.05, 4.69) is 26.8 Å². The third kappa shape index (κ3) is 2.60.